The van der Waals surface area contributed by atoms with E-state index in [-0.39, 0.29) is 11.8 Å². The van der Waals surface area contributed by atoms with E-state index in [0.29, 0.717) is 5.41 Å². The van der Waals surface area contributed by atoms with Crippen LogP contribution >= 0.6 is 0 Å². The predicted octanol–water partition coefficient (Wildman–Crippen LogP) is 4.13. The lowest BCUT2D eigenvalue weighted by atomic mass is 9.70. The van der Waals surface area contributed by atoms with E-state index in [4.69, 9.17) is 0 Å². The summed E-state index contributed by atoms with van der Waals surface area (Å²) in [6, 6.07) is 7.06. The van der Waals surface area contributed by atoms with Gasteiger partial charge in [-0.25, -0.2) is 0 Å². The first-order valence-electron chi connectivity index (χ1n) is 6.77. The lowest BCUT2D eigenvalue weighted by Gasteiger charge is -2.39. The van der Waals surface area contributed by atoms with Crippen molar-refractivity contribution in [3.05, 3.63) is 29.8 Å². The van der Waals surface area contributed by atoms with Gasteiger partial charge in [0.1, 0.15) is 5.75 Å². The molecule has 2 rings (SSSR count). The predicted molar refractivity (Wildman–Crippen MR) is 71.4 cm³/mol. The van der Waals surface area contributed by atoms with Gasteiger partial charge in [0.15, 0.2) is 0 Å². The molecule has 1 atom stereocenters. The summed E-state index contributed by atoms with van der Waals surface area (Å²) in [4.78, 5) is 0. The molecule has 0 saturated heterocycles. The number of benzene rings is 1. The van der Waals surface area contributed by atoms with Gasteiger partial charge in [0.2, 0.25) is 0 Å². The SMILES string of the molecule is CC(NCC1(C)CCC1)c1ccc(OC(F)F)cc1. The van der Waals surface area contributed by atoms with E-state index in [9.17, 15) is 8.78 Å². The van der Waals surface area contributed by atoms with Gasteiger partial charge in [-0.05, 0) is 42.9 Å². The summed E-state index contributed by atoms with van der Waals surface area (Å²) in [5.41, 5.74) is 1.53. The molecule has 106 valence electrons. The molecule has 0 amide bonds. The van der Waals surface area contributed by atoms with Crippen molar-refractivity contribution >= 4 is 0 Å². The molecule has 1 unspecified atom stereocenters. The van der Waals surface area contributed by atoms with E-state index in [1.807, 2.05) is 12.1 Å². The Balaban J connectivity index is 1.86. The van der Waals surface area contributed by atoms with Crippen LogP contribution in [0, 0.1) is 5.41 Å². The second kappa shape index (κ2) is 5.87. The van der Waals surface area contributed by atoms with Gasteiger partial charge in [0.05, 0.1) is 0 Å². The van der Waals surface area contributed by atoms with E-state index in [2.05, 4.69) is 23.9 Å². The van der Waals surface area contributed by atoms with Crippen LogP contribution in [0.15, 0.2) is 24.3 Å². The Bertz CT molecular complexity index is 401. The highest BCUT2D eigenvalue weighted by molar-refractivity contribution is 5.29. The minimum Gasteiger partial charge on any atom is -0.435 e. The Kier molecular flexibility index (Phi) is 4.40. The van der Waals surface area contributed by atoms with Gasteiger partial charge < -0.3 is 10.1 Å². The van der Waals surface area contributed by atoms with Gasteiger partial charge in [0.25, 0.3) is 0 Å². The first kappa shape index (κ1) is 14.3. The normalized spacial score (nSPS) is 19.0. The maximum Gasteiger partial charge on any atom is 0.387 e. The largest absolute Gasteiger partial charge is 0.435 e. The molecule has 0 aliphatic heterocycles. The quantitative estimate of drug-likeness (QED) is 0.838. The summed E-state index contributed by atoms with van der Waals surface area (Å²) in [5, 5.41) is 3.51. The highest BCUT2D eigenvalue weighted by Gasteiger charge is 2.31. The standard InChI is InChI=1S/C15H21F2NO/c1-11(18-10-15(2)8-3-9-15)12-4-6-13(7-5-12)19-14(16)17/h4-7,11,14,18H,3,8-10H2,1-2H3. The number of nitrogens with one attached hydrogen (secondary N) is 1. The maximum absolute atomic E-state index is 12.0. The molecule has 0 heterocycles. The van der Waals surface area contributed by atoms with Crippen molar-refractivity contribution in [2.45, 2.75) is 45.8 Å². The van der Waals surface area contributed by atoms with Crippen molar-refractivity contribution in [1.82, 2.24) is 5.32 Å². The molecular formula is C15H21F2NO. The lowest BCUT2D eigenvalue weighted by Crippen LogP contribution is -2.38. The molecular weight excluding hydrogens is 248 g/mol. The molecule has 0 spiro atoms. The molecule has 1 saturated carbocycles. The van der Waals surface area contributed by atoms with E-state index >= 15 is 0 Å². The highest BCUT2D eigenvalue weighted by atomic mass is 19.3. The molecule has 1 N–H and O–H groups in total. The maximum atomic E-state index is 12.0. The van der Waals surface area contributed by atoms with Crippen molar-refractivity contribution in [1.29, 1.82) is 0 Å². The smallest absolute Gasteiger partial charge is 0.387 e. The summed E-state index contributed by atoms with van der Waals surface area (Å²) in [6.45, 7) is 2.63. The van der Waals surface area contributed by atoms with E-state index in [1.54, 1.807) is 12.1 Å². The number of hydrogen-bond acceptors (Lipinski definition) is 2. The van der Waals surface area contributed by atoms with E-state index < -0.39 is 6.61 Å². The molecule has 0 bridgehead atoms. The third kappa shape index (κ3) is 3.90. The summed E-state index contributed by atoms with van der Waals surface area (Å²) >= 11 is 0. The zero-order chi connectivity index (χ0) is 13.9. The Labute approximate surface area is 113 Å². The summed E-state index contributed by atoms with van der Waals surface area (Å²) in [7, 11) is 0. The van der Waals surface area contributed by atoms with Crippen LogP contribution < -0.4 is 10.1 Å². The third-order valence-electron chi connectivity index (χ3n) is 4.00. The van der Waals surface area contributed by atoms with Crippen LogP contribution in [0.1, 0.15) is 44.7 Å². The van der Waals surface area contributed by atoms with Crippen molar-refractivity contribution in [2.24, 2.45) is 5.41 Å². The molecule has 0 aromatic heterocycles. The fraction of sp³-hybridized carbons (Fsp3) is 0.600. The molecule has 1 aliphatic carbocycles. The summed E-state index contributed by atoms with van der Waals surface area (Å²) < 4.78 is 28.4. The average molecular weight is 269 g/mol. The first-order chi connectivity index (χ1) is 8.98. The molecule has 19 heavy (non-hydrogen) atoms. The van der Waals surface area contributed by atoms with Gasteiger partial charge in [-0.3, -0.25) is 0 Å². The van der Waals surface area contributed by atoms with Crippen LogP contribution in [-0.2, 0) is 0 Å². The molecule has 2 nitrogen and oxygen atoms in total. The van der Waals surface area contributed by atoms with Crippen LogP contribution in [0.2, 0.25) is 0 Å². The summed E-state index contributed by atoms with van der Waals surface area (Å²) in [5.74, 6) is 0.205. The average Bonchev–Trinajstić information content (AvgIpc) is 2.34. The van der Waals surface area contributed by atoms with Crippen molar-refractivity contribution in [3.63, 3.8) is 0 Å². The molecule has 1 fully saturated rings. The molecule has 0 radical (unpaired) electrons. The van der Waals surface area contributed by atoms with Gasteiger partial charge in [-0.15, -0.1) is 0 Å². The van der Waals surface area contributed by atoms with Gasteiger partial charge in [-0.1, -0.05) is 25.5 Å². The van der Waals surface area contributed by atoms with Crippen LogP contribution in [0.4, 0.5) is 8.78 Å². The van der Waals surface area contributed by atoms with Gasteiger partial charge in [-0.2, -0.15) is 8.78 Å². The monoisotopic (exact) mass is 269 g/mol. The number of rotatable bonds is 6. The Morgan fingerprint density at radius 1 is 1.26 bits per heavy atom. The molecule has 4 heteroatoms. The van der Waals surface area contributed by atoms with Gasteiger partial charge >= 0.3 is 6.61 Å². The Hall–Kier alpha value is -1.16. The highest BCUT2D eigenvalue weighted by Crippen LogP contribution is 2.39. The lowest BCUT2D eigenvalue weighted by molar-refractivity contribution is -0.0498. The number of alkyl halides is 2. The van der Waals surface area contributed by atoms with Crippen molar-refractivity contribution < 1.29 is 13.5 Å². The topological polar surface area (TPSA) is 21.3 Å². The fourth-order valence-corrected chi connectivity index (χ4v) is 2.41. The Morgan fingerprint density at radius 3 is 2.37 bits per heavy atom. The van der Waals surface area contributed by atoms with Crippen molar-refractivity contribution in [2.75, 3.05) is 6.54 Å². The second-order valence-electron chi connectivity index (χ2n) is 5.71. The van der Waals surface area contributed by atoms with Crippen LogP contribution in [0.5, 0.6) is 5.75 Å². The molecule has 1 aromatic rings. The minimum absolute atomic E-state index is 0.205. The van der Waals surface area contributed by atoms with Crippen LogP contribution in [0.25, 0.3) is 0 Å². The second-order valence-corrected chi connectivity index (χ2v) is 5.71. The third-order valence-corrected chi connectivity index (χ3v) is 4.00. The molecule has 1 aromatic carbocycles. The van der Waals surface area contributed by atoms with E-state index in [1.165, 1.54) is 19.3 Å². The number of halogens is 2. The van der Waals surface area contributed by atoms with Gasteiger partial charge in [0, 0.05) is 12.6 Å². The van der Waals surface area contributed by atoms with E-state index in [0.717, 1.165) is 12.1 Å². The minimum atomic E-state index is -2.76. The zero-order valence-electron chi connectivity index (χ0n) is 11.5. The first-order valence-corrected chi connectivity index (χ1v) is 6.77. The summed E-state index contributed by atoms with van der Waals surface area (Å²) in [6.07, 6.45) is 3.90. The van der Waals surface area contributed by atoms with Crippen molar-refractivity contribution in [3.8, 4) is 5.75 Å². The van der Waals surface area contributed by atoms with Crippen LogP contribution in [0.3, 0.4) is 0 Å². The fourth-order valence-electron chi connectivity index (χ4n) is 2.41. The number of ether oxygens (including phenoxy) is 1. The van der Waals surface area contributed by atoms with Crippen LogP contribution in [-0.4, -0.2) is 13.2 Å². The molecule has 1 aliphatic rings. The number of hydrogen-bond donors (Lipinski definition) is 1. The Morgan fingerprint density at radius 2 is 1.89 bits per heavy atom. The zero-order valence-corrected chi connectivity index (χ0v) is 11.5.